The normalized spacial score (nSPS) is 16.9. The quantitative estimate of drug-likeness (QED) is 0.500. The average Bonchev–Trinajstić information content (AvgIpc) is 3.41. The lowest BCUT2D eigenvalue weighted by molar-refractivity contribution is -0.115. The van der Waals surface area contributed by atoms with Gasteiger partial charge in [-0.05, 0) is 68.3 Å². The molecule has 2 aromatic carbocycles. The molecule has 1 aliphatic heterocycles. The van der Waals surface area contributed by atoms with Gasteiger partial charge in [0.1, 0.15) is 5.82 Å². The van der Waals surface area contributed by atoms with E-state index in [2.05, 4.69) is 15.5 Å². The van der Waals surface area contributed by atoms with Gasteiger partial charge in [-0.15, -0.1) is 10.2 Å². The molecule has 1 fully saturated rings. The Morgan fingerprint density at radius 2 is 2.00 bits per heavy atom. The third kappa shape index (κ3) is 5.44. The van der Waals surface area contributed by atoms with E-state index in [0.29, 0.717) is 28.2 Å². The zero-order valence-electron chi connectivity index (χ0n) is 16.9. The van der Waals surface area contributed by atoms with Gasteiger partial charge in [-0.25, -0.2) is 4.39 Å². The molecule has 0 spiro atoms. The van der Waals surface area contributed by atoms with E-state index in [1.54, 1.807) is 36.4 Å². The Morgan fingerprint density at radius 3 is 2.68 bits per heavy atom. The molecular weight excluding hydrogens is 439 g/mol. The molecule has 3 aromatic rings. The number of anilines is 1. The molecule has 4 rings (SSSR count). The van der Waals surface area contributed by atoms with E-state index in [4.69, 9.17) is 16.3 Å². The molecule has 2 unspecified atom stereocenters. The number of ether oxygens (including phenoxy) is 1. The number of thioether (sulfide) groups is 1. The van der Waals surface area contributed by atoms with E-state index in [-0.39, 0.29) is 17.8 Å². The first-order valence-electron chi connectivity index (χ1n) is 10.0. The minimum atomic E-state index is -0.413. The monoisotopic (exact) mass is 460 g/mol. The zero-order chi connectivity index (χ0) is 21.8. The summed E-state index contributed by atoms with van der Waals surface area (Å²) >= 11 is 7.23. The number of hydrogen-bond acceptors (Lipinski definition) is 5. The maximum Gasteiger partial charge on any atom is 0.237 e. The van der Waals surface area contributed by atoms with Crippen molar-refractivity contribution < 1.29 is 13.9 Å². The third-order valence-corrected chi connectivity index (χ3v) is 6.33. The van der Waals surface area contributed by atoms with Crippen LogP contribution in [0, 0.1) is 5.82 Å². The Hall–Kier alpha value is -2.42. The summed E-state index contributed by atoms with van der Waals surface area (Å²) in [5.74, 6) is 0.168. The van der Waals surface area contributed by atoms with Crippen LogP contribution in [0.3, 0.4) is 0 Å². The molecule has 2 atom stereocenters. The summed E-state index contributed by atoms with van der Waals surface area (Å²) < 4.78 is 21.1. The number of amides is 1. The van der Waals surface area contributed by atoms with Crippen LogP contribution in [0.25, 0.3) is 11.4 Å². The van der Waals surface area contributed by atoms with Crippen LogP contribution in [0.4, 0.5) is 10.1 Å². The highest BCUT2D eigenvalue weighted by Gasteiger charge is 2.24. The van der Waals surface area contributed by atoms with Crippen LogP contribution in [0.5, 0.6) is 0 Å². The molecule has 1 saturated heterocycles. The van der Waals surface area contributed by atoms with Gasteiger partial charge in [0.05, 0.1) is 17.9 Å². The first-order valence-corrected chi connectivity index (χ1v) is 11.3. The van der Waals surface area contributed by atoms with Crippen LogP contribution >= 0.6 is 23.4 Å². The molecule has 0 bridgehead atoms. The minimum Gasteiger partial charge on any atom is -0.376 e. The summed E-state index contributed by atoms with van der Waals surface area (Å²) in [7, 11) is 0. The van der Waals surface area contributed by atoms with Crippen molar-refractivity contribution in [3.63, 3.8) is 0 Å². The fraction of sp³-hybridized carbons (Fsp3) is 0.318. The van der Waals surface area contributed by atoms with Gasteiger partial charge in [0, 0.05) is 22.9 Å². The molecule has 0 aliphatic carbocycles. The number of aromatic nitrogens is 3. The molecule has 6 nitrogen and oxygen atoms in total. The number of benzene rings is 2. The molecular formula is C22H22ClFN4O2S. The second kappa shape index (κ2) is 9.80. The van der Waals surface area contributed by atoms with E-state index in [1.165, 1.54) is 23.9 Å². The maximum atomic E-state index is 13.4. The Balaban J connectivity index is 1.54. The molecule has 9 heteroatoms. The molecule has 2 heterocycles. The van der Waals surface area contributed by atoms with Crippen molar-refractivity contribution in [1.82, 2.24) is 14.8 Å². The van der Waals surface area contributed by atoms with Crippen LogP contribution in [0.2, 0.25) is 5.02 Å². The highest BCUT2D eigenvalue weighted by Crippen LogP contribution is 2.29. The summed E-state index contributed by atoms with van der Waals surface area (Å²) in [6.07, 6.45) is 2.03. The van der Waals surface area contributed by atoms with Crippen LogP contribution in [-0.4, -0.2) is 38.6 Å². The maximum absolute atomic E-state index is 13.4. The predicted octanol–water partition coefficient (Wildman–Crippen LogP) is 5.04. The summed E-state index contributed by atoms with van der Waals surface area (Å²) in [6, 6.07) is 13.1. The van der Waals surface area contributed by atoms with Gasteiger partial charge in [-0.3, -0.25) is 9.36 Å². The SMILES string of the molecule is CC(Sc1nnc(-c2ccc(F)cc2)n1CC1CCCO1)C(=O)Nc1ccc(Cl)cc1. The zero-order valence-corrected chi connectivity index (χ0v) is 18.5. The summed E-state index contributed by atoms with van der Waals surface area (Å²) in [5, 5.41) is 12.4. The topological polar surface area (TPSA) is 69.0 Å². The summed E-state index contributed by atoms with van der Waals surface area (Å²) in [5.41, 5.74) is 1.44. The number of halogens is 2. The molecule has 31 heavy (non-hydrogen) atoms. The van der Waals surface area contributed by atoms with Crippen LogP contribution in [0.15, 0.2) is 53.7 Å². The number of rotatable bonds is 7. The van der Waals surface area contributed by atoms with Crippen molar-refractivity contribution >= 4 is 35.0 Å². The van der Waals surface area contributed by atoms with Crippen molar-refractivity contribution in [2.24, 2.45) is 0 Å². The Labute approximate surface area is 189 Å². The van der Waals surface area contributed by atoms with Gasteiger partial charge >= 0.3 is 0 Å². The van der Waals surface area contributed by atoms with E-state index in [0.717, 1.165) is 25.0 Å². The van der Waals surface area contributed by atoms with Gasteiger partial charge in [0.2, 0.25) is 5.91 Å². The minimum absolute atomic E-state index is 0.0627. The Morgan fingerprint density at radius 1 is 1.26 bits per heavy atom. The summed E-state index contributed by atoms with van der Waals surface area (Å²) in [4.78, 5) is 12.7. The van der Waals surface area contributed by atoms with E-state index in [9.17, 15) is 9.18 Å². The van der Waals surface area contributed by atoms with Crippen LogP contribution in [-0.2, 0) is 16.1 Å². The first kappa shape index (κ1) is 21.8. The number of carbonyl (C=O) groups is 1. The highest BCUT2D eigenvalue weighted by atomic mass is 35.5. The van der Waals surface area contributed by atoms with Crippen molar-refractivity contribution in [3.05, 3.63) is 59.4 Å². The van der Waals surface area contributed by atoms with E-state index >= 15 is 0 Å². The van der Waals surface area contributed by atoms with Crippen LogP contribution in [0.1, 0.15) is 19.8 Å². The first-order chi connectivity index (χ1) is 15.0. The molecule has 1 aromatic heterocycles. The second-order valence-electron chi connectivity index (χ2n) is 7.31. The molecule has 0 radical (unpaired) electrons. The fourth-order valence-corrected chi connectivity index (χ4v) is 4.32. The van der Waals surface area contributed by atoms with Crippen LogP contribution < -0.4 is 5.32 Å². The number of nitrogens with zero attached hydrogens (tertiary/aromatic N) is 3. The standard InChI is InChI=1S/C22H22ClFN4O2S/c1-14(21(29)25-18-10-6-16(23)7-11-18)31-22-27-26-20(15-4-8-17(24)9-5-15)28(22)13-19-3-2-12-30-19/h4-11,14,19H,2-3,12-13H2,1H3,(H,25,29). The molecule has 0 saturated carbocycles. The van der Waals surface area contributed by atoms with Gasteiger partial charge in [-0.1, -0.05) is 23.4 Å². The lowest BCUT2D eigenvalue weighted by Gasteiger charge is -2.16. The lowest BCUT2D eigenvalue weighted by Crippen LogP contribution is -2.23. The molecule has 1 amide bonds. The molecule has 1 aliphatic rings. The number of nitrogens with one attached hydrogen (secondary N) is 1. The van der Waals surface area contributed by atoms with Crippen molar-refractivity contribution in [3.8, 4) is 11.4 Å². The Kier molecular flexibility index (Phi) is 6.89. The van der Waals surface area contributed by atoms with Gasteiger partial charge in [0.25, 0.3) is 0 Å². The fourth-order valence-electron chi connectivity index (χ4n) is 3.33. The van der Waals surface area contributed by atoms with Crippen molar-refractivity contribution in [2.75, 3.05) is 11.9 Å². The predicted molar refractivity (Wildman–Crippen MR) is 120 cm³/mol. The largest absolute Gasteiger partial charge is 0.376 e. The molecule has 162 valence electrons. The average molecular weight is 461 g/mol. The number of hydrogen-bond donors (Lipinski definition) is 1. The second-order valence-corrected chi connectivity index (χ2v) is 9.06. The van der Waals surface area contributed by atoms with Gasteiger partial charge in [-0.2, -0.15) is 0 Å². The van der Waals surface area contributed by atoms with Crippen molar-refractivity contribution in [2.45, 2.75) is 42.8 Å². The highest BCUT2D eigenvalue weighted by molar-refractivity contribution is 8.00. The van der Waals surface area contributed by atoms with E-state index < -0.39 is 5.25 Å². The van der Waals surface area contributed by atoms with E-state index in [1.807, 2.05) is 11.5 Å². The van der Waals surface area contributed by atoms with Gasteiger partial charge in [0.15, 0.2) is 11.0 Å². The van der Waals surface area contributed by atoms with Gasteiger partial charge < -0.3 is 10.1 Å². The summed E-state index contributed by atoms with van der Waals surface area (Å²) in [6.45, 7) is 3.13. The number of carbonyl (C=O) groups excluding carboxylic acids is 1. The smallest absolute Gasteiger partial charge is 0.237 e. The third-order valence-electron chi connectivity index (χ3n) is 4.99. The van der Waals surface area contributed by atoms with Crippen molar-refractivity contribution in [1.29, 1.82) is 0 Å². The molecule has 1 N–H and O–H groups in total. The lowest BCUT2D eigenvalue weighted by atomic mass is 10.2. The Bertz CT molecular complexity index is 1040.